The molecule has 2 rings (SSSR count). The fourth-order valence-corrected chi connectivity index (χ4v) is 4.42. The zero-order chi connectivity index (χ0) is 17.4. The molecule has 0 amide bonds. The van der Waals surface area contributed by atoms with E-state index in [1.807, 2.05) is 13.8 Å². The average molecular weight is 461 g/mol. The maximum absolute atomic E-state index is 12.3. The third-order valence-electron chi connectivity index (χ3n) is 4.42. The van der Waals surface area contributed by atoms with Crippen molar-refractivity contribution in [2.75, 3.05) is 0 Å². The lowest BCUT2D eigenvalue weighted by atomic mass is 9.55. The number of rotatable bonds is 4. The predicted molar refractivity (Wildman–Crippen MR) is 99.1 cm³/mol. The second-order valence-electron chi connectivity index (χ2n) is 6.13. The molecule has 0 spiro atoms. The highest BCUT2D eigenvalue weighted by Gasteiger charge is 2.51. The zero-order valence-electron chi connectivity index (χ0n) is 12.5. The van der Waals surface area contributed by atoms with Gasteiger partial charge in [-0.1, -0.05) is 82.3 Å². The van der Waals surface area contributed by atoms with Gasteiger partial charge in [-0.05, 0) is 29.9 Å². The van der Waals surface area contributed by atoms with Gasteiger partial charge in [-0.3, -0.25) is 4.79 Å². The largest absolute Gasteiger partial charge is 0.460 e. The number of carbonyl (C=O) groups is 1. The first-order chi connectivity index (χ1) is 10.6. The summed E-state index contributed by atoms with van der Waals surface area (Å²) in [5.41, 5.74) is 0.453. The van der Waals surface area contributed by atoms with Crippen molar-refractivity contribution in [2.45, 2.75) is 26.9 Å². The van der Waals surface area contributed by atoms with Crippen LogP contribution in [0.4, 0.5) is 0 Å². The molecule has 1 aromatic carbocycles. The van der Waals surface area contributed by atoms with Crippen LogP contribution in [0.2, 0.25) is 10.0 Å². The minimum absolute atomic E-state index is 0.0960. The number of halogens is 5. The molecular formula is C16H15BrCl4O2. The molecule has 2 unspecified atom stereocenters. The van der Waals surface area contributed by atoms with E-state index in [1.165, 1.54) is 0 Å². The summed E-state index contributed by atoms with van der Waals surface area (Å²) in [6.07, 6.45) is 2.45. The van der Waals surface area contributed by atoms with Crippen LogP contribution in [0.3, 0.4) is 0 Å². The highest BCUT2D eigenvalue weighted by atomic mass is 79.9. The average Bonchev–Trinajstić information content (AvgIpc) is 2.41. The van der Waals surface area contributed by atoms with Crippen LogP contribution in [0.1, 0.15) is 25.8 Å². The first-order valence-corrected chi connectivity index (χ1v) is 9.26. The molecule has 0 aliphatic heterocycles. The number of hydrogen-bond acceptors (Lipinski definition) is 2. The summed E-state index contributed by atoms with van der Waals surface area (Å²) in [7, 11) is 0. The van der Waals surface area contributed by atoms with Crippen LogP contribution in [0.15, 0.2) is 27.2 Å². The molecule has 1 aliphatic rings. The van der Waals surface area contributed by atoms with Gasteiger partial charge < -0.3 is 4.74 Å². The molecular weight excluding hydrogens is 446 g/mol. The van der Waals surface area contributed by atoms with Crippen LogP contribution < -0.4 is 0 Å². The van der Waals surface area contributed by atoms with Gasteiger partial charge in [0.25, 0.3) is 0 Å². The number of carbonyl (C=O) groups excluding carboxylic acids is 1. The van der Waals surface area contributed by atoms with Crippen LogP contribution >= 0.6 is 62.3 Å². The SMILES string of the molecule is CC1(C)C(C=C(Cl)Cl)CC1C(=O)OCc1c(Cl)cc(Cl)cc1Br. The molecule has 7 heteroatoms. The Morgan fingerprint density at radius 3 is 2.57 bits per heavy atom. The molecule has 1 aromatic rings. The third kappa shape index (κ3) is 4.38. The maximum Gasteiger partial charge on any atom is 0.309 e. The molecule has 23 heavy (non-hydrogen) atoms. The van der Waals surface area contributed by atoms with Crippen molar-refractivity contribution in [1.82, 2.24) is 0 Å². The van der Waals surface area contributed by atoms with E-state index >= 15 is 0 Å². The number of esters is 1. The summed E-state index contributed by atoms with van der Waals surface area (Å²) >= 11 is 26.8. The van der Waals surface area contributed by atoms with E-state index in [9.17, 15) is 4.79 Å². The van der Waals surface area contributed by atoms with Crippen LogP contribution in [-0.4, -0.2) is 5.97 Å². The lowest BCUT2D eigenvalue weighted by Crippen LogP contribution is -2.48. The maximum atomic E-state index is 12.3. The summed E-state index contributed by atoms with van der Waals surface area (Å²) in [5.74, 6) is -0.277. The molecule has 0 aromatic heterocycles. The Kier molecular flexibility index (Phi) is 6.35. The molecule has 1 aliphatic carbocycles. The molecule has 126 valence electrons. The van der Waals surface area contributed by atoms with Crippen molar-refractivity contribution < 1.29 is 9.53 Å². The van der Waals surface area contributed by atoms with Crippen molar-refractivity contribution in [3.63, 3.8) is 0 Å². The summed E-state index contributed by atoms with van der Waals surface area (Å²) in [6.45, 7) is 4.11. The van der Waals surface area contributed by atoms with Gasteiger partial charge in [-0.2, -0.15) is 0 Å². The van der Waals surface area contributed by atoms with Gasteiger partial charge in [0.05, 0.1) is 5.92 Å². The van der Waals surface area contributed by atoms with Crippen molar-refractivity contribution in [3.05, 3.63) is 42.8 Å². The van der Waals surface area contributed by atoms with E-state index in [0.717, 1.165) is 0 Å². The van der Waals surface area contributed by atoms with Gasteiger partial charge in [-0.25, -0.2) is 0 Å². The molecule has 2 nitrogen and oxygen atoms in total. The molecule has 0 radical (unpaired) electrons. The highest BCUT2D eigenvalue weighted by Crippen LogP contribution is 2.53. The first-order valence-electron chi connectivity index (χ1n) is 6.95. The molecule has 2 atom stereocenters. The minimum Gasteiger partial charge on any atom is -0.460 e. The van der Waals surface area contributed by atoms with E-state index in [4.69, 9.17) is 51.1 Å². The molecule has 0 heterocycles. The lowest BCUT2D eigenvalue weighted by molar-refractivity contribution is -0.164. The zero-order valence-corrected chi connectivity index (χ0v) is 17.1. The van der Waals surface area contributed by atoms with Gasteiger partial charge in [0, 0.05) is 20.1 Å². The van der Waals surface area contributed by atoms with Crippen LogP contribution in [-0.2, 0) is 16.1 Å². The van der Waals surface area contributed by atoms with Crippen molar-refractivity contribution in [2.24, 2.45) is 17.3 Å². The second-order valence-corrected chi connectivity index (χ2v) is 8.83. The van der Waals surface area contributed by atoms with Gasteiger partial charge in [0.15, 0.2) is 0 Å². The molecule has 0 bridgehead atoms. The lowest BCUT2D eigenvalue weighted by Gasteiger charge is -2.49. The Morgan fingerprint density at radius 1 is 1.39 bits per heavy atom. The molecule has 0 saturated heterocycles. The van der Waals surface area contributed by atoms with Gasteiger partial charge >= 0.3 is 5.97 Å². The monoisotopic (exact) mass is 458 g/mol. The van der Waals surface area contributed by atoms with Gasteiger partial charge in [-0.15, -0.1) is 0 Å². The van der Waals surface area contributed by atoms with Crippen molar-refractivity contribution in [1.29, 1.82) is 0 Å². The summed E-state index contributed by atoms with van der Waals surface area (Å²) < 4.78 is 6.38. The van der Waals surface area contributed by atoms with E-state index in [0.29, 0.717) is 26.5 Å². The number of hydrogen-bond donors (Lipinski definition) is 0. The quantitative estimate of drug-likeness (QED) is 0.463. The Morgan fingerprint density at radius 2 is 2.04 bits per heavy atom. The van der Waals surface area contributed by atoms with Crippen molar-refractivity contribution in [3.8, 4) is 0 Å². The number of ether oxygens (including phenoxy) is 1. The summed E-state index contributed by atoms with van der Waals surface area (Å²) in [4.78, 5) is 12.3. The van der Waals surface area contributed by atoms with Crippen LogP contribution in [0, 0.1) is 17.3 Å². The Bertz CT molecular complexity index is 630. The van der Waals surface area contributed by atoms with E-state index < -0.39 is 0 Å². The number of allylic oxidation sites excluding steroid dienone is 1. The number of benzene rings is 1. The van der Waals surface area contributed by atoms with Crippen molar-refractivity contribution >= 4 is 68.3 Å². The third-order valence-corrected chi connectivity index (χ3v) is 5.93. The topological polar surface area (TPSA) is 26.3 Å². The van der Waals surface area contributed by atoms with E-state index in [2.05, 4.69) is 15.9 Å². The van der Waals surface area contributed by atoms with Crippen LogP contribution in [0.5, 0.6) is 0 Å². The summed E-state index contributed by atoms with van der Waals surface area (Å²) in [6, 6.07) is 3.33. The Labute approximate surface area is 164 Å². The summed E-state index contributed by atoms with van der Waals surface area (Å²) in [5, 5.41) is 0.976. The smallest absolute Gasteiger partial charge is 0.309 e. The Balaban J connectivity index is 2.01. The highest BCUT2D eigenvalue weighted by molar-refractivity contribution is 9.10. The predicted octanol–water partition coefficient (Wildman–Crippen LogP) is 6.78. The van der Waals surface area contributed by atoms with Gasteiger partial charge in [0.2, 0.25) is 0 Å². The fourth-order valence-electron chi connectivity index (χ4n) is 2.75. The second kappa shape index (κ2) is 7.53. The minimum atomic E-state index is -0.247. The van der Waals surface area contributed by atoms with Crippen LogP contribution in [0.25, 0.3) is 0 Å². The first kappa shape index (κ1) is 19.4. The fraction of sp³-hybridized carbons (Fsp3) is 0.438. The molecule has 1 saturated carbocycles. The standard InChI is InChI=1S/C16H15BrCl4O2/c1-16(2)8(4-14(20)21)3-11(16)15(22)23-7-10-12(17)5-9(18)6-13(10)19/h4-6,8,11H,3,7H2,1-2H3. The Hall–Kier alpha value is 0.0700. The molecule has 0 N–H and O–H groups in total. The normalized spacial score (nSPS) is 22.2. The molecule has 1 fully saturated rings. The van der Waals surface area contributed by atoms with Gasteiger partial charge in [0.1, 0.15) is 11.1 Å². The van der Waals surface area contributed by atoms with E-state index in [-0.39, 0.29) is 34.3 Å². The van der Waals surface area contributed by atoms with E-state index in [1.54, 1.807) is 18.2 Å².